The third-order valence-corrected chi connectivity index (χ3v) is 2.98. The van der Waals surface area contributed by atoms with Gasteiger partial charge >= 0.3 is 0 Å². The standard InChI is InChI=1S/C12H23N/c1-6-13-11(7-9(2)3)10-8-12(10,4)5/h7,10-11,13H,6,8H2,1-5H3. The van der Waals surface area contributed by atoms with Crippen molar-refractivity contribution in [3.63, 3.8) is 0 Å². The van der Waals surface area contributed by atoms with Crippen molar-refractivity contribution < 1.29 is 0 Å². The summed E-state index contributed by atoms with van der Waals surface area (Å²) in [6.07, 6.45) is 3.75. The van der Waals surface area contributed by atoms with Crippen LogP contribution in [0.3, 0.4) is 0 Å². The van der Waals surface area contributed by atoms with E-state index >= 15 is 0 Å². The minimum absolute atomic E-state index is 0.568. The van der Waals surface area contributed by atoms with Crippen LogP contribution in [0.2, 0.25) is 0 Å². The number of allylic oxidation sites excluding steroid dienone is 1. The summed E-state index contributed by atoms with van der Waals surface area (Å²) in [7, 11) is 0. The molecule has 0 aromatic carbocycles. The Morgan fingerprint density at radius 1 is 1.54 bits per heavy atom. The van der Waals surface area contributed by atoms with Gasteiger partial charge < -0.3 is 5.32 Å². The van der Waals surface area contributed by atoms with Gasteiger partial charge in [-0.3, -0.25) is 0 Å². The van der Waals surface area contributed by atoms with E-state index in [1.807, 2.05) is 0 Å². The normalized spacial score (nSPS) is 26.7. The maximum absolute atomic E-state index is 3.56. The zero-order valence-corrected chi connectivity index (χ0v) is 9.65. The molecule has 1 N–H and O–H groups in total. The van der Waals surface area contributed by atoms with Crippen molar-refractivity contribution in [3.05, 3.63) is 11.6 Å². The van der Waals surface area contributed by atoms with Crippen molar-refractivity contribution >= 4 is 0 Å². The van der Waals surface area contributed by atoms with E-state index in [0.717, 1.165) is 12.5 Å². The van der Waals surface area contributed by atoms with E-state index in [1.54, 1.807) is 0 Å². The van der Waals surface area contributed by atoms with E-state index in [1.165, 1.54) is 12.0 Å². The van der Waals surface area contributed by atoms with Crippen molar-refractivity contribution in [2.24, 2.45) is 11.3 Å². The largest absolute Gasteiger partial charge is 0.310 e. The molecule has 1 fully saturated rings. The Kier molecular flexibility index (Phi) is 3.18. The Morgan fingerprint density at radius 2 is 2.08 bits per heavy atom. The van der Waals surface area contributed by atoms with E-state index in [4.69, 9.17) is 0 Å². The zero-order valence-electron chi connectivity index (χ0n) is 9.65. The van der Waals surface area contributed by atoms with Crippen LogP contribution in [0.15, 0.2) is 11.6 Å². The van der Waals surface area contributed by atoms with E-state index in [2.05, 4.69) is 46.0 Å². The smallest absolute Gasteiger partial charge is 0.0285 e. The molecule has 0 heterocycles. The molecule has 1 aliphatic rings. The van der Waals surface area contributed by atoms with Gasteiger partial charge in [-0.2, -0.15) is 0 Å². The van der Waals surface area contributed by atoms with Crippen LogP contribution in [0.25, 0.3) is 0 Å². The summed E-state index contributed by atoms with van der Waals surface area (Å²) < 4.78 is 0. The van der Waals surface area contributed by atoms with Crippen LogP contribution in [0.4, 0.5) is 0 Å². The van der Waals surface area contributed by atoms with Crippen molar-refractivity contribution in [1.29, 1.82) is 0 Å². The summed E-state index contributed by atoms with van der Waals surface area (Å²) in [6, 6.07) is 0.602. The lowest BCUT2D eigenvalue weighted by atomic mass is 10.0. The molecule has 2 atom stereocenters. The highest BCUT2D eigenvalue weighted by molar-refractivity contribution is 5.12. The minimum Gasteiger partial charge on any atom is -0.310 e. The molecule has 0 bridgehead atoms. The molecule has 0 aromatic rings. The zero-order chi connectivity index (χ0) is 10.1. The Balaban J connectivity index is 2.55. The third-order valence-electron chi connectivity index (χ3n) is 2.98. The SMILES string of the molecule is CCNC(C=C(C)C)C1CC1(C)C. The van der Waals surface area contributed by atoms with Gasteiger partial charge in [0.05, 0.1) is 0 Å². The van der Waals surface area contributed by atoms with Crippen LogP contribution in [0.5, 0.6) is 0 Å². The van der Waals surface area contributed by atoms with Crippen LogP contribution in [-0.4, -0.2) is 12.6 Å². The highest BCUT2D eigenvalue weighted by atomic mass is 14.9. The Bertz CT molecular complexity index is 199. The second-order valence-electron chi connectivity index (χ2n) is 5.13. The van der Waals surface area contributed by atoms with E-state index in [-0.39, 0.29) is 0 Å². The molecule has 1 saturated carbocycles. The lowest BCUT2D eigenvalue weighted by Gasteiger charge is -2.16. The topological polar surface area (TPSA) is 12.0 Å². The quantitative estimate of drug-likeness (QED) is 0.657. The molecule has 2 unspecified atom stereocenters. The Hall–Kier alpha value is -0.300. The van der Waals surface area contributed by atoms with Crippen molar-refractivity contribution in [2.75, 3.05) is 6.54 Å². The molecule has 0 radical (unpaired) electrons. The second-order valence-corrected chi connectivity index (χ2v) is 5.13. The first kappa shape index (κ1) is 10.8. The molecule has 1 heteroatoms. The van der Waals surface area contributed by atoms with Gasteiger partial charge in [-0.05, 0) is 38.1 Å². The average molecular weight is 181 g/mol. The second kappa shape index (κ2) is 3.83. The molecule has 13 heavy (non-hydrogen) atoms. The third kappa shape index (κ3) is 2.84. The van der Waals surface area contributed by atoms with Gasteiger partial charge in [0.1, 0.15) is 0 Å². The van der Waals surface area contributed by atoms with E-state index in [9.17, 15) is 0 Å². The van der Waals surface area contributed by atoms with Crippen molar-refractivity contribution in [3.8, 4) is 0 Å². The summed E-state index contributed by atoms with van der Waals surface area (Å²) in [5, 5.41) is 3.56. The minimum atomic E-state index is 0.568. The Morgan fingerprint density at radius 3 is 2.38 bits per heavy atom. The molecule has 1 rings (SSSR count). The average Bonchev–Trinajstić information content (AvgIpc) is 2.58. The molecule has 76 valence electrons. The summed E-state index contributed by atoms with van der Waals surface area (Å²) in [4.78, 5) is 0. The van der Waals surface area contributed by atoms with Gasteiger partial charge in [-0.25, -0.2) is 0 Å². The number of likely N-dealkylation sites (N-methyl/N-ethyl adjacent to an activating group) is 1. The Labute approximate surface area is 82.6 Å². The van der Waals surface area contributed by atoms with E-state index < -0.39 is 0 Å². The monoisotopic (exact) mass is 181 g/mol. The summed E-state index contributed by atoms with van der Waals surface area (Å²) in [5.74, 6) is 0.849. The lowest BCUT2D eigenvalue weighted by molar-refractivity contribution is 0.465. The highest BCUT2D eigenvalue weighted by Gasteiger charge is 2.48. The van der Waals surface area contributed by atoms with Gasteiger partial charge in [0.2, 0.25) is 0 Å². The van der Waals surface area contributed by atoms with Crippen molar-refractivity contribution in [2.45, 2.75) is 47.1 Å². The molecular formula is C12H23N. The van der Waals surface area contributed by atoms with Crippen LogP contribution in [0.1, 0.15) is 41.0 Å². The number of rotatable bonds is 4. The van der Waals surface area contributed by atoms with Gasteiger partial charge in [0.15, 0.2) is 0 Å². The predicted octanol–water partition coefficient (Wildman–Crippen LogP) is 2.98. The van der Waals surface area contributed by atoms with Crippen LogP contribution in [0, 0.1) is 11.3 Å². The highest BCUT2D eigenvalue weighted by Crippen LogP contribution is 2.53. The molecule has 1 nitrogen and oxygen atoms in total. The van der Waals surface area contributed by atoms with E-state index in [0.29, 0.717) is 11.5 Å². The fourth-order valence-corrected chi connectivity index (χ4v) is 2.03. The molecule has 0 spiro atoms. The molecule has 1 aliphatic carbocycles. The van der Waals surface area contributed by atoms with Crippen LogP contribution < -0.4 is 5.32 Å². The first-order valence-electron chi connectivity index (χ1n) is 5.36. The van der Waals surface area contributed by atoms with Gasteiger partial charge in [0.25, 0.3) is 0 Å². The molecular weight excluding hydrogens is 158 g/mol. The molecule has 0 amide bonds. The maximum atomic E-state index is 3.56. The first-order chi connectivity index (χ1) is 5.97. The number of nitrogens with one attached hydrogen (secondary N) is 1. The fraction of sp³-hybridized carbons (Fsp3) is 0.833. The number of hydrogen-bond donors (Lipinski definition) is 1. The number of hydrogen-bond acceptors (Lipinski definition) is 1. The molecule has 0 aromatic heterocycles. The predicted molar refractivity (Wildman–Crippen MR) is 58.8 cm³/mol. The first-order valence-corrected chi connectivity index (χ1v) is 5.36. The van der Waals surface area contributed by atoms with Crippen LogP contribution in [-0.2, 0) is 0 Å². The van der Waals surface area contributed by atoms with Gasteiger partial charge in [0, 0.05) is 6.04 Å². The maximum Gasteiger partial charge on any atom is 0.0285 e. The lowest BCUT2D eigenvalue weighted by Crippen LogP contribution is -2.30. The van der Waals surface area contributed by atoms with Gasteiger partial charge in [-0.15, -0.1) is 0 Å². The van der Waals surface area contributed by atoms with Crippen LogP contribution >= 0.6 is 0 Å². The summed E-state index contributed by atoms with van der Waals surface area (Å²) in [6.45, 7) is 12.3. The fourth-order valence-electron chi connectivity index (χ4n) is 2.03. The summed E-state index contributed by atoms with van der Waals surface area (Å²) >= 11 is 0. The summed E-state index contributed by atoms with van der Waals surface area (Å²) in [5.41, 5.74) is 1.99. The molecule has 0 aliphatic heterocycles. The van der Waals surface area contributed by atoms with Crippen molar-refractivity contribution in [1.82, 2.24) is 5.32 Å². The molecule has 0 saturated heterocycles. The van der Waals surface area contributed by atoms with Gasteiger partial charge in [-0.1, -0.05) is 32.4 Å².